The highest BCUT2D eigenvalue weighted by atomic mass is 15.0. The summed E-state index contributed by atoms with van der Waals surface area (Å²) in [5, 5.41) is 7.51. The number of para-hydroxylation sites is 3. The Labute approximate surface area is 287 Å². The Morgan fingerprint density at radius 2 is 0.980 bits per heavy atom. The van der Waals surface area contributed by atoms with Gasteiger partial charge in [-0.05, 0) is 36.4 Å². The van der Waals surface area contributed by atoms with Gasteiger partial charge in [0.25, 0.3) is 0 Å². The van der Waals surface area contributed by atoms with Crippen LogP contribution in [0.15, 0.2) is 170 Å². The van der Waals surface area contributed by atoms with Crippen molar-refractivity contribution in [3.8, 4) is 39.6 Å². The number of rotatable bonds is 4. The predicted octanol–water partition coefficient (Wildman–Crippen LogP) is 11.7. The molecule has 0 unspecified atom stereocenters. The van der Waals surface area contributed by atoms with Crippen molar-refractivity contribution < 1.29 is 0 Å². The van der Waals surface area contributed by atoms with Crippen LogP contribution in [-0.2, 0) is 0 Å². The molecule has 0 saturated heterocycles. The smallest absolute Gasteiger partial charge is 0.160 e. The molecule has 0 aliphatic carbocycles. The molecular formula is C46H28N4. The van der Waals surface area contributed by atoms with Gasteiger partial charge in [0.2, 0.25) is 0 Å². The Morgan fingerprint density at radius 1 is 0.380 bits per heavy atom. The van der Waals surface area contributed by atoms with Gasteiger partial charge in [-0.25, -0.2) is 9.97 Å². The first-order valence-electron chi connectivity index (χ1n) is 17.0. The first-order chi connectivity index (χ1) is 24.8. The van der Waals surface area contributed by atoms with Gasteiger partial charge >= 0.3 is 0 Å². The maximum Gasteiger partial charge on any atom is 0.160 e. The predicted molar refractivity (Wildman–Crippen MR) is 207 cm³/mol. The van der Waals surface area contributed by atoms with E-state index in [2.05, 4.69) is 155 Å². The van der Waals surface area contributed by atoms with Crippen molar-refractivity contribution in [2.45, 2.75) is 0 Å². The maximum atomic E-state index is 5.23. The van der Waals surface area contributed by atoms with Gasteiger partial charge in [-0.15, -0.1) is 0 Å². The van der Waals surface area contributed by atoms with Gasteiger partial charge in [-0.2, -0.15) is 0 Å². The van der Waals surface area contributed by atoms with Crippen LogP contribution >= 0.6 is 0 Å². The van der Waals surface area contributed by atoms with Crippen LogP contribution in [0.25, 0.3) is 99.5 Å². The van der Waals surface area contributed by atoms with Crippen LogP contribution in [0.1, 0.15) is 0 Å². The molecule has 11 aromatic rings. The van der Waals surface area contributed by atoms with Crippen molar-refractivity contribution in [3.63, 3.8) is 0 Å². The fourth-order valence-corrected chi connectivity index (χ4v) is 8.13. The third-order valence-electron chi connectivity index (χ3n) is 10.3. The average molecular weight is 637 g/mol. The fourth-order valence-electron chi connectivity index (χ4n) is 8.13. The summed E-state index contributed by atoms with van der Waals surface area (Å²) < 4.78 is 4.87. The molecule has 232 valence electrons. The van der Waals surface area contributed by atoms with Crippen molar-refractivity contribution in [3.05, 3.63) is 170 Å². The molecule has 0 bridgehead atoms. The van der Waals surface area contributed by atoms with Crippen molar-refractivity contribution in [2.75, 3.05) is 0 Å². The van der Waals surface area contributed by atoms with E-state index in [1.807, 2.05) is 24.3 Å². The largest absolute Gasteiger partial charge is 0.309 e. The first kappa shape index (κ1) is 27.2. The van der Waals surface area contributed by atoms with Crippen molar-refractivity contribution in [1.29, 1.82) is 0 Å². The second kappa shape index (κ2) is 10.4. The van der Waals surface area contributed by atoms with Gasteiger partial charge in [0.05, 0.1) is 39.0 Å². The zero-order valence-electron chi connectivity index (χ0n) is 27.0. The van der Waals surface area contributed by atoms with Gasteiger partial charge in [0, 0.05) is 54.7 Å². The van der Waals surface area contributed by atoms with E-state index in [1.165, 1.54) is 48.9 Å². The van der Waals surface area contributed by atoms with Crippen LogP contribution in [0.2, 0.25) is 0 Å². The van der Waals surface area contributed by atoms with E-state index in [-0.39, 0.29) is 0 Å². The Hall–Kier alpha value is -6.78. The molecule has 0 saturated carbocycles. The molecule has 4 heteroatoms. The second-order valence-corrected chi connectivity index (χ2v) is 13.0. The number of hydrogen-bond acceptors (Lipinski definition) is 2. The third kappa shape index (κ3) is 3.81. The lowest BCUT2D eigenvalue weighted by atomic mass is 10.0. The minimum Gasteiger partial charge on any atom is -0.309 e. The third-order valence-corrected chi connectivity index (χ3v) is 10.3. The lowest BCUT2D eigenvalue weighted by Gasteiger charge is -2.11. The van der Waals surface area contributed by atoms with Crippen LogP contribution in [-0.4, -0.2) is 18.9 Å². The number of benzene rings is 7. The van der Waals surface area contributed by atoms with Crippen LogP contribution in [0.4, 0.5) is 0 Å². The second-order valence-electron chi connectivity index (χ2n) is 13.0. The molecule has 0 spiro atoms. The van der Waals surface area contributed by atoms with E-state index in [0.717, 1.165) is 44.8 Å². The van der Waals surface area contributed by atoms with Crippen LogP contribution in [0.3, 0.4) is 0 Å². The summed E-state index contributed by atoms with van der Waals surface area (Å²) in [7, 11) is 0. The van der Waals surface area contributed by atoms with E-state index >= 15 is 0 Å². The molecule has 0 amide bonds. The summed E-state index contributed by atoms with van der Waals surface area (Å²) >= 11 is 0. The average Bonchev–Trinajstić information content (AvgIpc) is 3.83. The number of nitrogens with zero attached hydrogens (tertiary/aromatic N) is 4. The lowest BCUT2D eigenvalue weighted by molar-refractivity contribution is 1.18. The van der Waals surface area contributed by atoms with E-state index in [9.17, 15) is 0 Å². The number of aromatic nitrogens is 4. The molecule has 0 fully saturated rings. The van der Waals surface area contributed by atoms with Crippen molar-refractivity contribution in [2.24, 2.45) is 0 Å². The zero-order chi connectivity index (χ0) is 32.8. The summed E-state index contributed by atoms with van der Waals surface area (Å²) in [5.41, 5.74) is 12.1. The Morgan fingerprint density at radius 3 is 1.78 bits per heavy atom. The molecule has 0 aliphatic heterocycles. The highest BCUT2D eigenvalue weighted by molar-refractivity contribution is 6.23. The lowest BCUT2D eigenvalue weighted by Crippen LogP contribution is -1.97. The minimum absolute atomic E-state index is 0.714. The minimum atomic E-state index is 0.714. The van der Waals surface area contributed by atoms with Gasteiger partial charge < -0.3 is 8.97 Å². The van der Waals surface area contributed by atoms with Crippen LogP contribution in [0, 0.1) is 0 Å². The van der Waals surface area contributed by atoms with Crippen LogP contribution < -0.4 is 0 Å². The molecule has 11 rings (SSSR count). The standard InChI is InChI=1S/C46H28N4/c1-3-13-29(14-4-1)38-28-39(48-46(47-38)30-15-5-2-6-16-30)36-21-12-24-42-44(36)37-18-8-10-23-41(37)49(42)31-25-26-33-35-20-11-19-34-32-17-7-9-22-40(32)50(45(34)35)43(33)27-31/h1-28H. The summed E-state index contributed by atoms with van der Waals surface area (Å²) in [4.78, 5) is 10.3. The highest BCUT2D eigenvalue weighted by Gasteiger charge is 2.21. The summed E-state index contributed by atoms with van der Waals surface area (Å²) in [6, 6.07) is 60.5. The van der Waals surface area contributed by atoms with Crippen LogP contribution in [0.5, 0.6) is 0 Å². The summed E-state index contributed by atoms with van der Waals surface area (Å²) in [6.07, 6.45) is 0. The Bertz CT molecular complexity index is 3020. The summed E-state index contributed by atoms with van der Waals surface area (Å²) in [5.74, 6) is 0.714. The molecule has 4 heterocycles. The van der Waals surface area contributed by atoms with Gasteiger partial charge in [0.1, 0.15) is 0 Å². The van der Waals surface area contributed by atoms with Gasteiger partial charge in [-0.1, -0.05) is 133 Å². The molecule has 4 nitrogen and oxygen atoms in total. The van der Waals surface area contributed by atoms with Gasteiger partial charge in [-0.3, -0.25) is 0 Å². The monoisotopic (exact) mass is 636 g/mol. The SMILES string of the molecule is c1ccc(-c2cc(-c3cccc4c3c3ccccc3n4-c3ccc4c5cccc6c7ccccc7n(c4c3)c65)nc(-c3ccccc3)n2)cc1. The molecular weight excluding hydrogens is 609 g/mol. The van der Waals surface area contributed by atoms with E-state index in [0.29, 0.717) is 5.82 Å². The Kier molecular flexibility index (Phi) is 5.63. The molecule has 0 aliphatic rings. The zero-order valence-corrected chi connectivity index (χ0v) is 27.0. The normalized spacial score (nSPS) is 12.0. The topological polar surface area (TPSA) is 35.1 Å². The quantitative estimate of drug-likeness (QED) is 0.193. The molecule has 50 heavy (non-hydrogen) atoms. The van der Waals surface area contributed by atoms with E-state index in [1.54, 1.807) is 0 Å². The molecule has 0 N–H and O–H groups in total. The summed E-state index contributed by atoms with van der Waals surface area (Å²) in [6.45, 7) is 0. The fraction of sp³-hybridized carbons (Fsp3) is 0. The first-order valence-corrected chi connectivity index (χ1v) is 17.0. The maximum absolute atomic E-state index is 5.23. The Balaban J connectivity index is 1.19. The molecule has 0 atom stereocenters. The number of fused-ring (bicyclic) bond motifs is 9. The van der Waals surface area contributed by atoms with E-state index in [4.69, 9.17) is 9.97 Å². The van der Waals surface area contributed by atoms with Crippen molar-refractivity contribution in [1.82, 2.24) is 18.9 Å². The van der Waals surface area contributed by atoms with E-state index < -0.39 is 0 Å². The molecule has 0 radical (unpaired) electrons. The van der Waals surface area contributed by atoms with Gasteiger partial charge in [0.15, 0.2) is 5.82 Å². The molecule has 4 aromatic heterocycles. The highest BCUT2D eigenvalue weighted by Crippen LogP contribution is 2.42. The number of hydrogen-bond donors (Lipinski definition) is 0. The van der Waals surface area contributed by atoms with Crippen molar-refractivity contribution >= 4 is 59.9 Å². The molecule has 7 aromatic carbocycles.